The topological polar surface area (TPSA) is 75.4 Å². The summed E-state index contributed by atoms with van der Waals surface area (Å²) in [5, 5.41) is 13.9. The summed E-state index contributed by atoms with van der Waals surface area (Å²) >= 11 is 0. The van der Waals surface area contributed by atoms with Crippen LogP contribution in [0, 0.1) is 12.8 Å². The molecular formula is C19H23N3O3. The predicted molar refractivity (Wildman–Crippen MR) is 92.8 cm³/mol. The molecule has 0 unspecified atom stereocenters. The maximum Gasteiger partial charge on any atom is 0.308 e. The molecule has 1 aromatic carbocycles. The van der Waals surface area contributed by atoms with Crippen molar-refractivity contribution in [3.8, 4) is 0 Å². The van der Waals surface area contributed by atoms with Crippen LogP contribution in [-0.4, -0.2) is 38.2 Å². The fourth-order valence-corrected chi connectivity index (χ4v) is 3.61. The normalized spacial score (nSPS) is 20.7. The molecule has 6 heteroatoms. The van der Waals surface area contributed by atoms with Gasteiger partial charge in [0.05, 0.1) is 12.0 Å². The molecule has 1 aromatic heterocycles. The number of aliphatic carboxylic acids is 1. The van der Waals surface area contributed by atoms with Crippen LogP contribution in [0.5, 0.6) is 0 Å². The fourth-order valence-electron chi connectivity index (χ4n) is 3.61. The number of piperidine rings is 1. The average Bonchev–Trinajstić information content (AvgIpc) is 3.10. The third-order valence-electron chi connectivity index (χ3n) is 4.88. The van der Waals surface area contributed by atoms with Crippen molar-refractivity contribution < 1.29 is 14.7 Å². The molecule has 1 saturated heterocycles. The molecule has 0 bridgehead atoms. The molecule has 0 spiro atoms. The number of hydrogen-bond acceptors (Lipinski definition) is 3. The Hall–Kier alpha value is -2.63. The molecule has 6 nitrogen and oxygen atoms in total. The van der Waals surface area contributed by atoms with Crippen molar-refractivity contribution in [1.82, 2.24) is 14.7 Å². The minimum absolute atomic E-state index is 0.0335. The van der Waals surface area contributed by atoms with E-state index in [9.17, 15) is 14.7 Å². The molecule has 0 radical (unpaired) electrons. The maximum absolute atomic E-state index is 12.6. The highest BCUT2D eigenvalue weighted by Gasteiger charge is 2.40. The van der Waals surface area contributed by atoms with E-state index in [-0.39, 0.29) is 5.91 Å². The van der Waals surface area contributed by atoms with E-state index in [4.69, 9.17) is 0 Å². The zero-order valence-corrected chi connectivity index (χ0v) is 14.3. The molecule has 1 aliphatic rings. The summed E-state index contributed by atoms with van der Waals surface area (Å²) in [4.78, 5) is 26.1. The first-order valence-electron chi connectivity index (χ1n) is 8.63. The van der Waals surface area contributed by atoms with Gasteiger partial charge in [0.1, 0.15) is 0 Å². The smallest absolute Gasteiger partial charge is 0.308 e. The van der Waals surface area contributed by atoms with Gasteiger partial charge in [-0.3, -0.25) is 14.3 Å². The minimum Gasteiger partial charge on any atom is -0.481 e. The monoisotopic (exact) mass is 341 g/mol. The molecule has 0 saturated carbocycles. The lowest BCUT2D eigenvalue weighted by molar-refractivity contribution is -0.152. The second-order valence-electron chi connectivity index (χ2n) is 6.49. The van der Waals surface area contributed by atoms with Gasteiger partial charge in [0.2, 0.25) is 5.91 Å². The van der Waals surface area contributed by atoms with Crippen molar-refractivity contribution in [2.45, 2.75) is 38.8 Å². The Labute approximate surface area is 147 Å². The third kappa shape index (κ3) is 3.73. The van der Waals surface area contributed by atoms with Crippen LogP contribution in [0.3, 0.4) is 0 Å². The number of benzene rings is 1. The molecule has 1 N–H and O–H groups in total. The van der Waals surface area contributed by atoms with Crippen molar-refractivity contribution in [3.05, 3.63) is 53.9 Å². The summed E-state index contributed by atoms with van der Waals surface area (Å²) in [6, 6.07) is 9.20. The van der Waals surface area contributed by atoms with E-state index >= 15 is 0 Å². The van der Waals surface area contributed by atoms with Crippen LogP contribution in [0.4, 0.5) is 0 Å². The Morgan fingerprint density at radius 3 is 2.76 bits per heavy atom. The summed E-state index contributed by atoms with van der Waals surface area (Å²) in [5.74, 6) is -1.37. The van der Waals surface area contributed by atoms with Crippen LogP contribution < -0.4 is 0 Å². The number of aromatic nitrogens is 2. The van der Waals surface area contributed by atoms with Crippen LogP contribution in [-0.2, 0) is 16.1 Å². The summed E-state index contributed by atoms with van der Waals surface area (Å²) in [7, 11) is 0. The molecule has 25 heavy (non-hydrogen) atoms. The van der Waals surface area contributed by atoms with E-state index < -0.39 is 17.9 Å². The molecular weight excluding hydrogens is 318 g/mol. The molecule has 2 heterocycles. The van der Waals surface area contributed by atoms with Gasteiger partial charge in [0, 0.05) is 31.9 Å². The van der Waals surface area contributed by atoms with Crippen molar-refractivity contribution in [2.75, 3.05) is 6.54 Å². The number of carboxylic acid groups (broad SMARTS) is 1. The quantitative estimate of drug-likeness (QED) is 0.876. The number of carbonyl (C=O) groups is 2. The van der Waals surface area contributed by atoms with Gasteiger partial charge < -0.3 is 10.0 Å². The summed E-state index contributed by atoms with van der Waals surface area (Å²) < 4.78 is 1.83. The number of likely N-dealkylation sites (tertiary alicyclic amines) is 1. The second-order valence-corrected chi connectivity index (χ2v) is 6.49. The van der Waals surface area contributed by atoms with Gasteiger partial charge in [-0.05, 0) is 37.0 Å². The van der Waals surface area contributed by atoms with Crippen molar-refractivity contribution in [1.29, 1.82) is 0 Å². The van der Waals surface area contributed by atoms with Crippen LogP contribution >= 0.6 is 0 Å². The van der Waals surface area contributed by atoms with E-state index in [1.807, 2.05) is 48.1 Å². The van der Waals surface area contributed by atoms with Gasteiger partial charge in [-0.25, -0.2) is 0 Å². The van der Waals surface area contributed by atoms with E-state index in [1.165, 1.54) is 0 Å². The molecule has 1 fully saturated rings. The number of hydrogen-bond donors (Lipinski definition) is 1. The standard InChI is InChI=1S/C19H23N3O3/c1-14-6-2-3-7-15(14)18-16(19(24)25)8-9-17(23)22(18)13-5-12-21-11-4-10-20-21/h2-4,6-7,10-11,16,18H,5,8-9,12-13H2,1H3,(H,24,25)/t16-,18-/m1/s1. The summed E-state index contributed by atoms with van der Waals surface area (Å²) in [5.41, 5.74) is 1.95. The van der Waals surface area contributed by atoms with Crippen LogP contribution in [0.2, 0.25) is 0 Å². The second kappa shape index (κ2) is 7.51. The molecule has 2 aromatic rings. The Morgan fingerprint density at radius 2 is 2.08 bits per heavy atom. The molecule has 3 rings (SSSR count). The zero-order valence-electron chi connectivity index (χ0n) is 14.3. The Kier molecular flexibility index (Phi) is 5.16. The van der Waals surface area contributed by atoms with Crippen molar-refractivity contribution >= 4 is 11.9 Å². The highest BCUT2D eigenvalue weighted by Crippen LogP contribution is 2.38. The van der Waals surface area contributed by atoms with E-state index in [2.05, 4.69) is 5.10 Å². The lowest BCUT2D eigenvalue weighted by Crippen LogP contribution is -2.46. The number of aryl methyl sites for hydroxylation is 2. The van der Waals surface area contributed by atoms with Gasteiger partial charge in [0.15, 0.2) is 0 Å². The van der Waals surface area contributed by atoms with E-state index in [0.29, 0.717) is 25.9 Å². The summed E-state index contributed by atoms with van der Waals surface area (Å²) in [6.45, 7) is 3.20. The number of rotatable bonds is 6. The average molecular weight is 341 g/mol. The van der Waals surface area contributed by atoms with Gasteiger partial charge >= 0.3 is 5.97 Å². The highest BCUT2D eigenvalue weighted by molar-refractivity contribution is 5.82. The van der Waals surface area contributed by atoms with Crippen molar-refractivity contribution in [2.24, 2.45) is 5.92 Å². The molecule has 132 valence electrons. The Bertz CT molecular complexity index is 742. The maximum atomic E-state index is 12.6. The van der Waals surface area contributed by atoms with Crippen LogP contribution in [0.1, 0.15) is 36.4 Å². The third-order valence-corrected chi connectivity index (χ3v) is 4.88. The van der Waals surface area contributed by atoms with Crippen molar-refractivity contribution in [3.63, 3.8) is 0 Å². The Balaban J connectivity index is 1.84. The SMILES string of the molecule is Cc1ccccc1[C@@H]1[C@H](C(=O)O)CCC(=O)N1CCCn1cccn1. The lowest BCUT2D eigenvalue weighted by atomic mass is 9.82. The molecule has 0 aliphatic carbocycles. The number of carbonyl (C=O) groups excluding carboxylic acids is 1. The fraction of sp³-hybridized carbons (Fsp3) is 0.421. The Morgan fingerprint density at radius 1 is 1.28 bits per heavy atom. The van der Waals surface area contributed by atoms with Crippen LogP contribution in [0.15, 0.2) is 42.7 Å². The first-order chi connectivity index (χ1) is 12.1. The highest BCUT2D eigenvalue weighted by atomic mass is 16.4. The first-order valence-corrected chi connectivity index (χ1v) is 8.63. The summed E-state index contributed by atoms with van der Waals surface area (Å²) in [6.07, 6.45) is 5.03. The van der Waals surface area contributed by atoms with Gasteiger partial charge in [-0.1, -0.05) is 24.3 Å². The molecule has 1 aliphatic heterocycles. The number of carboxylic acids is 1. The lowest BCUT2D eigenvalue weighted by Gasteiger charge is -2.40. The molecule has 1 amide bonds. The largest absolute Gasteiger partial charge is 0.481 e. The minimum atomic E-state index is -0.835. The molecule has 2 atom stereocenters. The van der Waals surface area contributed by atoms with Gasteiger partial charge in [0.25, 0.3) is 0 Å². The van der Waals surface area contributed by atoms with E-state index in [0.717, 1.165) is 17.5 Å². The van der Waals surface area contributed by atoms with E-state index in [1.54, 1.807) is 11.1 Å². The number of nitrogens with zero attached hydrogens (tertiary/aromatic N) is 3. The first kappa shape index (κ1) is 17.2. The number of amides is 1. The van der Waals surface area contributed by atoms with Gasteiger partial charge in [-0.2, -0.15) is 5.10 Å². The zero-order chi connectivity index (χ0) is 17.8. The van der Waals surface area contributed by atoms with Gasteiger partial charge in [-0.15, -0.1) is 0 Å². The van der Waals surface area contributed by atoms with Crippen LogP contribution in [0.25, 0.3) is 0 Å². The predicted octanol–water partition coefficient (Wildman–Crippen LogP) is 2.65.